The fourth-order valence-corrected chi connectivity index (χ4v) is 4.30. The molecule has 8 nitrogen and oxygen atoms in total. The van der Waals surface area contributed by atoms with Gasteiger partial charge in [0.2, 0.25) is 5.91 Å². The predicted octanol–water partition coefficient (Wildman–Crippen LogP) is 3.28. The van der Waals surface area contributed by atoms with Crippen molar-refractivity contribution in [1.29, 1.82) is 0 Å². The Morgan fingerprint density at radius 3 is 2.18 bits per heavy atom. The SMILES string of the molecule is CCC(CCNC(=O)OCC1c2ccccc2-c2ccccc21)CCC(=O)NCC(O)C(=O)O. The zero-order valence-corrected chi connectivity index (χ0v) is 19.3. The second-order valence-corrected chi connectivity index (χ2v) is 8.51. The molecular formula is C26H32N2O6. The zero-order chi connectivity index (χ0) is 24.5. The highest BCUT2D eigenvalue weighted by atomic mass is 16.5. The molecule has 0 spiro atoms. The number of rotatable bonds is 12. The summed E-state index contributed by atoms with van der Waals surface area (Å²) >= 11 is 0. The third-order valence-electron chi connectivity index (χ3n) is 6.30. The average Bonchev–Trinajstić information content (AvgIpc) is 3.16. The number of alkyl carbamates (subject to hydrolysis) is 1. The summed E-state index contributed by atoms with van der Waals surface area (Å²) in [5.74, 6) is -1.43. The van der Waals surface area contributed by atoms with Crippen LogP contribution >= 0.6 is 0 Å². The van der Waals surface area contributed by atoms with Crippen molar-refractivity contribution in [3.05, 3.63) is 59.7 Å². The van der Waals surface area contributed by atoms with E-state index < -0.39 is 18.2 Å². The quantitative estimate of drug-likeness (QED) is 0.379. The van der Waals surface area contributed by atoms with Gasteiger partial charge in [-0.05, 0) is 41.0 Å². The van der Waals surface area contributed by atoms with Crippen molar-refractivity contribution in [3.8, 4) is 11.1 Å². The van der Waals surface area contributed by atoms with Crippen LogP contribution < -0.4 is 10.6 Å². The van der Waals surface area contributed by atoms with Gasteiger partial charge in [-0.1, -0.05) is 61.9 Å². The van der Waals surface area contributed by atoms with E-state index in [1.54, 1.807) is 0 Å². The Labute approximate surface area is 199 Å². The summed E-state index contributed by atoms with van der Waals surface area (Å²) in [7, 11) is 0. The van der Waals surface area contributed by atoms with E-state index in [9.17, 15) is 19.5 Å². The molecule has 1 aliphatic rings. The second kappa shape index (κ2) is 12.2. The number of carbonyl (C=O) groups is 3. The number of ether oxygens (including phenoxy) is 1. The van der Waals surface area contributed by atoms with Crippen molar-refractivity contribution < 1.29 is 29.3 Å². The average molecular weight is 469 g/mol. The molecule has 182 valence electrons. The number of aliphatic hydroxyl groups excluding tert-OH is 1. The monoisotopic (exact) mass is 468 g/mol. The van der Waals surface area contributed by atoms with E-state index in [1.807, 2.05) is 31.2 Å². The van der Waals surface area contributed by atoms with Gasteiger partial charge in [0, 0.05) is 18.9 Å². The molecule has 1 aliphatic carbocycles. The van der Waals surface area contributed by atoms with Gasteiger partial charge in [0.15, 0.2) is 6.10 Å². The Kier molecular flexibility index (Phi) is 9.04. The van der Waals surface area contributed by atoms with E-state index in [4.69, 9.17) is 9.84 Å². The molecule has 2 unspecified atom stereocenters. The molecule has 8 heteroatoms. The molecule has 0 saturated heterocycles. The van der Waals surface area contributed by atoms with Gasteiger partial charge in [-0.15, -0.1) is 0 Å². The van der Waals surface area contributed by atoms with Crippen LogP contribution in [0.3, 0.4) is 0 Å². The van der Waals surface area contributed by atoms with Crippen LogP contribution in [0.25, 0.3) is 11.1 Å². The second-order valence-electron chi connectivity index (χ2n) is 8.51. The smallest absolute Gasteiger partial charge is 0.407 e. The maximum atomic E-state index is 12.3. The first kappa shape index (κ1) is 25.2. The highest BCUT2D eigenvalue weighted by molar-refractivity contribution is 5.79. The minimum absolute atomic E-state index is 0.0136. The molecule has 3 rings (SSSR count). The third-order valence-corrected chi connectivity index (χ3v) is 6.30. The first-order chi connectivity index (χ1) is 16.4. The lowest BCUT2D eigenvalue weighted by Gasteiger charge is -2.17. The molecule has 0 saturated carbocycles. The van der Waals surface area contributed by atoms with E-state index in [0.29, 0.717) is 19.4 Å². The summed E-state index contributed by atoms with van der Waals surface area (Å²) in [6.45, 7) is 2.41. The van der Waals surface area contributed by atoms with E-state index in [-0.39, 0.29) is 37.3 Å². The summed E-state index contributed by atoms with van der Waals surface area (Å²) in [6, 6.07) is 16.4. The summed E-state index contributed by atoms with van der Waals surface area (Å²) in [5, 5.41) is 23.1. The fraction of sp³-hybridized carbons (Fsp3) is 0.423. The largest absolute Gasteiger partial charge is 0.479 e. The Hall–Kier alpha value is -3.39. The Morgan fingerprint density at radius 1 is 0.971 bits per heavy atom. The number of carbonyl (C=O) groups excluding carboxylic acids is 2. The number of benzene rings is 2. The number of aliphatic carboxylic acids is 1. The van der Waals surface area contributed by atoms with Crippen LogP contribution in [0.15, 0.2) is 48.5 Å². The van der Waals surface area contributed by atoms with Gasteiger partial charge < -0.3 is 25.6 Å². The van der Waals surface area contributed by atoms with Crippen molar-refractivity contribution in [3.63, 3.8) is 0 Å². The van der Waals surface area contributed by atoms with Crippen molar-refractivity contribution in [2.75, 3.05) is 19.7 Å². The van der Waals surface area contributed by atoms with Gasteiger partial charge in [0.1, 0.15) is 6.61 Å². The Bertz CT molecular complexity index is 963. The third kappa shape index (κ3) is 6.57. The summed E-state index contributed by atoms with van der Waals surface area (Å²) in [4.78, 5) is 34.7. The van der Waals surface area contributed by atoms with Gasteiger partial charge in [-0.25, -0.2) is 9.59 Å². The van der Waals surface area contributed by atoms with Crippen molar-refractivity contribution in [2.24, 2.45) is 5.92 Å². The molecule has 2 aromatic rings. The number of carboxylic acid groups (broad SMARTS) is 1. The predicted molar refractivity (Wildman–Crippen MR) is 127 cm³/mol. The minimum atomic E-state index is -1.60. The molecule has 34 heavy (non-hydrogen) atoms. The number of hydrogen-bond donors (Lipinski definition) is 4. The molecule has 2 atom stereocenters. The number of nitrogens with one attached hydrogen (secondary N) is 2. The molecule has 0 fully saturated rings. The fourth-order valence-electron chi connectivity index (χ4n) is 4.30. The molecule has 2 aromatic carbocycles. The summed E-state index contributed by atoms with van der Waals surface area (Å²) in [5.41, 5.74) is 4.69. The first-order valence-corrected chi connectivity index (χ1v) is 11.7. The maximum Gasteiger partial charge on any atom is 0.407 e. The molecule has 4 N–H and O–H groups in total. The number of amides is 2. The van der Waals surface area contributed by atoms with Crippen molar-refractivity contribution >= 4 is 18.0 Å². The lowest BCUT2D eigenvalue weighted by Crippen LogP contribution is -2.36. The van der Waals surface area contributed by atoms with Crippen molar-refractivity contribution in [2.45, 2.75) is 44.6 Å². The number of fused-ring (bicyclic) bond motifs is 3. The molecule has 0 bridgehead atoms. The van der Waals surface area contributed by atoms with Crippen LogP contribution in [0.5, 0.6) is 0 Å². The van der Waals surface area contributed by atoms with Crippen LogP contribution in [0.4, 0.5) is 4.79 Å². The molecule has 0 aliphatic heterocycles. The van der Waals surface area contributed by atoms with Crippen molar-refractivity contribution in [1.82, 2.24) is 10.6 Å². The van der Waals surface area contributed by atoms with Crippen LogP contribution in [0.2, 0.25) is 0 Å². The van der Waals surface area contributed by atoms with Gasteiger partial charge in [-0.3, -0.25) is 4.79 Å². The van der Waals surface area contributed by atoms with E-state index in [2.05, 4.69) is 34.9 Å². The summed E-state index contributed by atoms with van der Waals surface area (Å²) in [6.07, 6.45) is 0.320. The first-order valence-electron chi connectivity index (χ1n) is 11.7. The van der Waals surface area contributed by atoms with Crippen LogP contribution in [-0.4, -0.2) is 54.0 Å². The molecule has 2 amide bonds. The summed E-state index contributed by atoms with van der Waals surface area (Å²) < 4.78 is 5.54. The minimum Gasteiger partial charge on any atom is -0.479 e. The molecule has 0 heterocycles. The molecular weight excluding hydrogens is 436 g/mol. The lowest BCUT2D eigenvalue weighted by atomic mass is 9.96. The highest BCUT2D eigenvalue weighted by Crippen LogP contribution is 2.44. The van der Waals surface area contributed by atoms with E-state index in [0.717, 1.165) is 17.5 Å². The van der Waals surface area contributed by atoms with Gasteiger partial charge >= 0.3 is 12.1 Å². The van der Waals surface area contributed by atoms with Gasteiger partial charge in [0.05, 0.1) is 6.54 Å². The van der Waals surface area contributed by atoms with Crippen LogP contribution in [0.1, 0.15) is 49.7 Å². The van der Waals surface area contributed by atoms with Gasteiger partial charge in [0.25, 0.3) is 0 Å². The normalized spacial score (nSPS) is 13.9. The Balaban J connectivity index is 1.39. The Morgan fingerprint density at radius 2 is 1.59 bits per heavy atom. The molecule has 0 radical (unpaired) electrons. The van der Waals surface area contributed by atoms with Crippen LogP contribution in [0, 0.1) is 5.92 Å². The topological polar surface area (TPSA) is 125 Å². The van der Waals surface area contributed by atoms with E-state index >= 15 is 0 Å². The highest BCUT2D eigenvalue weighted by Gasteiger charge is 2.29. The van der Waals surface area contributed by atoms with Gasteiger partial charge in [-0.2, -0.15) is 0 Å². The van der Waals surface area contributed by atoms with E-state index in [1.165, 1.54) is 11.1 Å². The van der Waals surface area contributed by atoms with Crippen LogP contribution in [-0.2, 0) is 14.3 Å². The number of carboxylic acids is 1. The standard InChI is InChI=1S/C26H32N2O6/c1-2-17(11-12-24(30)28-15-23(29)25(31)32)13-14-27-26(33)34-16-22-20-9-5-3-7-18(20)19-8-4-6-10-21(19)22/h3-10,17,22-23,29H,2,11-16H2,1H3,(H,27,33)(H,28,30)(H,31,32). The lowest BCUT2D eigenvalue weighted by molar-refractivity contribution is -0.146. The maximum absolute atomic E-state index is 12.3. The number of aliphatic hydroxyl groups is 1. The number of hydrogen-bond acceptors (Lipinski definition) is 5. The molecule has 0 aromatic heterocycles. The zero-order valence-electron chi connectivity index (χ0n) is 19.3.